The molecule has 2 rings (SSSR count). The van der Waals surface area contributed by atoms with Crippen molar-refractivity contribution < 1.29 is 19.1 Å². The van der Waals surface area contributed by atoms with E-state index in [1.807, 2.05) is 36.4 Å². The fraction of sp³-hybridized carbons (Fsp3) is 0.190. The predicted molar refractivity (Wildman–Crippen MR) is 102 cm³/mol. The van der Waals surface area contributed by atoms with Crippen LogP contribution >= 0.6 is 0 Å². The van der Waals surface area contributed by atoms with Crippen molar-refractivity contribution in [1.29, 1.82) is 0 Å². The Balaban J connectivity index is 2.00. The van der Waals surface area contributed by atoms with Gasteiger partial charge in [-0.05, 0) is 17.7 Å². The molecule has 0 radical (unpaired) electrons. The van der Waals surface area contributed by atoms with Gasteiger partial charge in [0.15, 0.2) is 6.61 Å². The first-order valence-electron chi connectivity index (χ1n) is 8.54. The summed E-state index contributed by atoms with van der Waals surface area (Å²) in [4.78, 5) is 36.1. The van der Waals surface area contributed by atoms with Gasteiger partial charge in [0.25, 0.3) is 11.8 Å². The molecule has 0 aliphatic rings. The zero-order valence-electron chi connectivity index (χ0n) is 14.9. The number of esters is 1. The topological polar surface area (TPSA) is 84.5 Å². The minimum absolute atomic E-state index is 0.0860. The molecule has 0 heterocycles. The maximum absolute atomic E-state index is 12.5. The number of carbonyl (C=O) groups excluding carboxylic acids is 3. The van der Waals surface area contributed by atoms with E-state index in [9.17, 15) is 14.4 Å². The molecule has 140 valence electrons. The highest BCUT2D eigenvalue weighted by atomic mass is 16.5. The van der Waals surface area contributed by atoms with E-state index in [2.05, 4.69) is 17.2 Å². The third kappa shape index (κ3) is 6.78. The molecule has 0 saturated heterocycles. The Labute approximate surface area is 158 Å². The molecule has 1 atom stereocenters. The summed E-state index contributed by atoms with van der Waals surface area (Å²) < 4.78 is 5.00. The van der Waals surface area contributed by atoms with Gasteiger partial charge in [-0.3, -0.25) is 14.4 Å². The standard InChI is InChI=1S/C21H22N2O4/c1-2-13-22-19(24)15-27-20(25)14-18(16-9-5-3-6-10-16)23-21(26)17-11-7-4-8-12-17/h2-12,18H,1,13-15H2,(H,22,24)(H,23,26)/t18-/m0/s1. The van der Waals surface area contributed by atoms with Crippen molar-refractivity contribution in [2.75, 3.05) is 13.2 Å². The molecule has 0 bridgehead atoms. The van der Waals surface area contributed by atoms with Crippen LogP contribution in [0.15, 0.2) is 73.3 Å². The van der Waals surface area contributed by atoms with E-state index in [-0.39, 0.29) is 18.9 Å². The largest absolute Gasteiger partial charge is 0.456 e. The van der Waals surface area contributed by atoms with Crippen LogP contribution in [0.3, 0.4) is 0 Å². The number of benzene rings is 2. The molecule has 0 aliphatic heterocycles. The highest BCUT2D eigenvalue weighted by Crippen LogP contribution is 2.18. The Morgan fingerprint density at radius 3 is 2.26 bits per heavy atom. The Hall–Kier alpha value is -3.41. The lowest BCUT2D eigenvalue weighted by Crippen LogP contribution is -2.32. The Kier molecular flexibility index (Phi) is 7.78. The van der Waals surface area contributed by atoms with Crippen molar-refractivity contribution in [2.24, 2.45) is 0 Å². The van der Waals surface area contributed by atoms with Crippen LogP contribution in [0.25, 0.3) is 0 Å². The maximum Gasteiger partial charge on any atom is 0.308 e. The Morgan fingerprint density at radius 2 is 1.63 bits per heavy atom. The SMILES string of the molecule is C=CCNC(=O)COC(=O)C[C@H](NC(=O)c1ccccc1)c1ccccc1. The zero-order valence-corrected chi connectivity index (χ0v) is 14.9. The molecule has 0 spiro atoms. The number of hydrogen-bond donors (Lipinski definition) is 2. The Bertz CT molecular complexity index is 775. The van der Waals surface area contributed by atoms with Gasteiger partial charge in [-0.25, -0.2) is 0 Å². The molecule has 0 unspecified atom stereocenters. The summed E-state index contributed by atoms with van der Waals surface area (Å²) in [6, 6.07) is 17.3. The minimum atomic E-state index is -0.578. The maximum atomic E-state index is 12.5. The summed E-state index contributed by atoms with van der Waals surface area (Å²) in [6.07, 6.45) is 1.45. The van der Waals surface area contributed by atoms with Crippen molar-refractivity contribution in [3.63, 3.8) is 0 Å². The number of nitrogens with one attached hydrogen (secondary N) is 2. The van der Waals surface area contributed by atoms with Crippen LogP contribution in [0.5, 0.6) is 0 Å². The van der Waals surface area contributed by atoms with Gasteiger partial charge < -0.3 is 15.4 Å². The average molecular weight is 366 g/mol. The average Bonchev–Trinajstić information content (AvgIpc) is 2.71. The smallest absolute Gasteiger partial charge is 0.308 e. The lowest BCUT2D eigenvalue weighted by Gasteiger charge is -2.18. The fourth-order valence-corrected chi connectivity index (χ4v) is 2.38. The van der Waals surface area contributed by atoms with Crippen LogP contribution in [-0.2, 0) is 14.3 Å². The van der Waals surface area contributed by atoms with Gasteiger partial charge in [0, 0.05) is 12.1 Å². The van der Waals surface area contributed by atoms with Crippen LogP contribution in [-0.4, -0.2) is 30.9 Å². The molecular weight excluding hydrogens is 344 g/mol. The molecule has 0 aliphatic carbocycles. The van der Waals surface area contributed by atoms with Gasteiger partial charge in [-0.15, -0.1) is 6.58 Å². The molecule has 6 nitrogen and oxygen atoms in total. The number of rotatable bonds is 9. The van der Waals surface area contributed by atoms with Crippen LogP contribution in [0.4, 0.5) is 0 Å². The molecule has 0 fully saturated rings. The fourth-order valence-electron chi connectivity index (χ4n) is 2.38. The van der Waals surface area contributed by atoms with E-state index < -0.39 is 17.9 Å². The summed E-state index contributed by atoms with van der Waals surface area (Å²) in [5.41, 5.74) is 1.27. The summed E-state index contributed by atoms with van der Waals surface area (Å²) in [5, 5.41) is 5.37. The lowest BCUT2D eigenvalue weighted by molar-refractivity contribution is -0.149. The van der Waals surface area contributed by atoms with Gasteiger partial charge in [-0.1, -0.05) is 54.6 Å². The minimum Gasteiger partial charge on any atom is -0.456 e. The van der Waals surface area contributed by atoms with Gasteiger partial charge >= 0.3 is 5.97 Å². The number of carbonyl (C=O) groups is 3. The Morgan fingerprint density at radius 1 is 1.00 bits per heavy atom. The quantitative estimate of drug-likeness (QED) is 0.527. The van der Waals surface area contributed by atoms with Crippen LogP contribution < -0.4 is 10.6 Å². The van der Waals surface area contributed by atoms with E-state index in [0.29, 0.717) is 12.1 Å². The summed E-state index contributed by atoms with van der Waals surface area (Å²) in [6.45, 7) is 3.42. The van der Waals surface area contributed by atoms with Gasteiger partial charge in [-0.2, -0.15) is 0 Å². The summed E-state index contributed by atoms with van der Waals surface area (Å²) in [7, 11) is 0. The highest BCUT2D eigenvalue weighted by Gasteiger charge is 2.20. The van der Waals surface area contributed by atoms with E-state index >= 15 is 0 Å². The summed E-state index contributed by atoms with van der Waals surface area (Å²) >= 11 is 0. The van der Waals surface area contributed by atoms with Gasteiger partial charge in [0.1, 0.15) is 0 Å². The van der Waals surface area contributed by atoms with Crippen molar-refractivity contribution in [3.8, 4) is 0 Å². The highest BCUT2D eigenvalue weighted by molar-refractivity contribution is 5.94. The third-order valence-electron chi connectivity index (χ3n) is 3.72. The molecule has 2 aromatic rings. The second-order valence-corrected chi connectivity index (χ2v) is 5.76. The van der Waals surface area contributed by atoms with E-state index in [1.54, 1.807) is 24.3 Å². The third-order valence-corrected chi connectivity index (χ3v) is 3.72. The van der Waals surface area contributed by atoms with Crippen molar-refractivity contribution in [2.45, 2.75) is 12.5 Å². The molecule has 6 heteroatoms. The van der Waals surface area contributed by atoms with Crippen LogP contribution in [0.1, 0.15) is 28.4 Å². The number of ether oxygens (including phenoxy) is 1. The monoisotopic (exact) mass is 366 g/mol. The molecule has 0 saturated carbocycles. The number of amides is 2. The molecule has 2 amide bonds. The number of hydrogen-bond acceptors (Lipinski definition) is 4. The van der Waals surface area contributed by atoms with E-state index in [1.165, 1.54) is 6.08 Å². The van der Waals surface area contributed by atoms with Crippen LogP contribution in [0.2, 0.25) is 0 Å². The van der Waals surface area contributed by atoms with Crippen molar-refractivity contribution >= 4 is 17.8 Å². The normalized spacial score (nSPS) is 11.1. The summed E-state index contributed by atoms with van der Waals surface area (Å²) in [5.74, 6) is -1.28. The zero-order chi connectivity index (χ0) is 19.5. The molecular formula is C21H22N2O4. The second kappa shape index (κ2) is 10.6. The van der Waals surface area contributed by atoms with Gasteiger partial charge in [0.2, 0.25) is 0 Å². The van der Waals surface area contributed by atoms with E-state index in [0.717, 1.165) is 5.56 Å². The first-order chi connectivity index (χ1) is 13.1. The van der Waals surface area contributed by atoms with E-state index in [4.69, 9.17) is 4.74 Å². The van der Waals surface area contributed by atoms with Gasteiger partial charge in [0.05, 0.1) is 12.5 Å². The first kappa shape index (κ1) is 19.9. The first-order valence-corrected chi connectivity index (χ1v) is 8.54. The molecule has 2 N–H and O–H groups in total. The molecule has 0 aromatic heterocycles. The second-order valence-electron chi connectivity index (χ2n) is 5.76. The van der Waals surface area contributed by atoms with Crippen molar-refractivity contribution in [3.05, 3.63) is 84.4 Å². The molecule has 27 heavy (non-hydrogen) atoms. The predicted octanol–water partition coefficient (Wildman–Crippen LogP) is 2.39. The lowest BCUT2D eigenvalue weighted by atomic mass is 10.0. The van der Waals surface area contributed by atoms with Crippen molar-refractivity contribution in [1.82, 2.24) is 10.6 Å². The van der Waals surface area contributed by atoms with Crippen LogP contribution in [0, 0.1) is 0 Å². The molecule has 2 aromatic carbocycles.